The van der Waals surface area contributed by atoms with Gasteiger partial charge in [-0.15, -0.1) is 0 Å². The van der Waals surface area contributed by atoms with Gasteiger partial charge in [0.2, 0.25) is 0 Å². The van der Waals surface area contributed by atoms with Crippen molar-refractivity contribution in [1.29, 1.82) is 0 Å². The lowest BCUT2D eigenvalue weighted by Gasteiger charge is -2.19. The second kappa shape index (κ2) is 5.03. The summed E-state index contributed by atoms with van der Waals surface area (Å²) >= 11 is 0. The molecule has 0 spiro atoms. The predicted octanol–water partition coefficient (Wildman–Crippen LogP) is 3.83. The summed E-state index contributed by atoms with van der Waals surface area (Å²) in [4.78, 5) is 8.39. The minimum Gasteiger partial charge on any atom is -0.345 e. The Balaban J connectivity index is 2.17. The molecular weight excluding hydrogens is 196 g/mol. The molecule has 90 valence electrons. The van der Waals surface area contributed by atoms with Crippen molar-refractivity contribution in [2.24, 2.45) is 5.92 Å². The lowest BCUT2D eigenvalue weighted by atomic mass is 9.88. The molecule has 0 saturated carbocycles. The van der Waals surface area contributed by atoms with Gasteiger partial charge in [0.05, 0.1) is 5.69 Å². The molecule has 2 nitrogen and oxygen atoms in total. The van der Waals surface area contributed by atoms with E-state index in [1.54, 1.807) is 0 Å². The molecule has 0 fully saturated rings. The van der Waals surface area contributed by atoms with Gasteiger partial charge in [-0.3, -0.25) is 0 Å². The van der Waals surface area contributed by atoms with E-state index in [2.05, 4.69) is 25.8 Å². The summed E-state index contributed by atoms with van der Waals surface area (Å²) in [6.45, 7) is 6.81. The number of H-pyrrole nitrogens is 1. The van der Waals surface area contributed by atoms with Gasteiger partial charge in [0.25, 0.3) is 0 Å². The normalized spacial score (nSPS) is 20.1. The van der Waals surface area contributed by atoms with Gasteiger partial charge in [-0.2, -0.15) is 0 Å². The van der Waals surface area contributed by atoms with Gasteiger partial charge in [0.15, 0.2) is 0 Å². The molecule has 1 heterocycles. The van der Waals surface area contributed by atoms with E-state index < -0.39 is 0 Å². The van der Waals surface area contributed by atoms with Gasteiger partial charge in [-0.05, 0) is 38.0 Å². The molecule has 0 aromatic carbocycles. The van der Waals surface area contributed by atoms with E-state index in [1.165, 1.54) is 55.7 Å². The van der Waals surface area contributed by atoms with Crippen molar-refractivity contribution in [3.63, 3.8) is 0 Å². The summed E-state index contributed by atoms with van der Waals surface area (Å²) in [7, 11) is 0. The zero-order chi connectivity index (χ0) is 11.5. The number of rotatable bonds is 4. The third kappa shape index (κ3) is 2.16. The van der Waals surface area contributed by atoms with Crippen molar-refractivity contribution in [1.82, 2.24) is 9.97 Å². The van der Waals surface area contributed by atoms with Crippen LogP contribution < -0.4 is 0 Å². The Labute approximate surface area is 98.9 Å². The monoisotopic (exact) mass is 220 g/mol. The Morgan fingerprint density at radius 1 is 1.31 bits per heavy atom. The van der Waals surface area contributed by atoms with Crippen LogP contribution in [-0.4, -0.2) is 9.97 Å². The number of fused-ring (bicyclic) bond motifs is 1. The summed E-state index contributed by atoms with van der Waals surface area (Å²) in [6, 6.07) is 0. The van der Waals surface area contributed by atoms with Crippen molar-refractivity contribution in [3.05, 3.63) is 17.2 Å². The number of aryl methyl sites for hydroxylation is 1. The third-order valence-corrected chi connectivity index (χ3v) is 4.11. The molecule has 0 amide bonds. The summed E-state index contributed by atoms with van der Waals surface area (Å²) in [5.41, 5.74) is 2.78. The van der Waals surface area contributed by atoms with Crippen molar-refractivity contribution < 1.29 is 0 Å². The van der Waals surface area contributed by atoms with Gasteiger partial charge < -0.3 is 4.98 Å². The van der Waals surface area contributed by atoms with Crippen LogP contribution in [-0.2, 0) is 12.8 Å². The van der Waals surface area contributed by atoms with E-state index in [9.17, 15) is 0 Å². The number of nitrogens with zero attached hydrogens (tertiary/aromatic N) is 1. The Bertz CT molecular complexity index is 337. The first kappa shape index (κ1) is 11.7. The minimum absolute atomic E-state index is 0.630. The Morgan fingerprint density at radius 3 is 2.69 bits per heavy atom. The molecule has 1 aliphatic rings. The Morgan fingerprint density at radius 2 is 2.06 bits per heavy atom. The summed E-state index contributed by atoms with van der Waals surface area (Å²) < 4.78 is 0. The predicted molar refractivity (Wildman–Crippen MR) is 67.7 cm³/mol. The zero-order valence-corrected chi connectivity index (χ0v) is 10.8. The van der Waals surface area contributed by atoms with Crippen LogP contribution in [0.5, 0.6) is 0 Å². The summed E-state index contributed by atoms with van der Waals surface area (Å²) in [5, 5.41) is 0. The lowest BCUT2D eigenvalue weighted by molar-refractivity contribution is 0.438. The van der Waals surface area contributed by atoms with Crippen molar-refractivity contribution in [2.75, 3.05) is 0 Å². The number of hydrogen-bond acceptors (Lipinski definition) is 1. The maximum atomic E-state index is 4.81. The highest BCUT2D eigenvalue weighted by Gasteiger charge is 2.22. The fraction of sp³-hybridized carbons (Fsp3) is 0.786. The van der Waals surface area contributed by atoms with Crippen LogP contribution >= 0.6 is 0 Å². The molecule has 1 N–H and O–H groups in total. The van der Waals surface area contributed by atoms with Crippen molar-refractivity contribution in [3.8, 4) is 0 Å². The van der Waals surface area contributed by atoms with Gasteiger partial charge >= 0.3 is 0 Å². The van der Waals surface area contributed by atoms with E-state index >= 15 is 0 Å². The molecule has 1 unspecified atom stereocenters. The first-order valence-corrected chi connectivity index (χ1v) is 6.86. The first-order valence-electron chi connectivity index (χ1n) is 6.86. The molecule has 16 heavy (non-hydrogen) atoms. The molecule has 1 aliphatic carbocycles. The maximum Gasteiger partial charge on any atom is 0.109 e. The van der Waals surface area contributed by atoms with Crippen LogP contribution in [0.25, 0.3) is 0 Å². The van der Waals surface area contributed by atoms with Gasteiger partial charge in [0, 0.05) is 11.6 Å². The molecule has 2 rings (SSSR count). The second-order valence-corrected chi connectivity index (χ2v) is 5.08. The first-order chi connectivity index (χ1) is 7.78. The number of aromatic amines is 1. The number of aromatic nitrogens is 2. The van der Waals surface area contributed by atoms with E-state index in [4.69, 9.17) is 4.98 Å². The molecule has 0 aliphatic heterocycles. The van der Waals surface area contributed by atoms with Crippen molar-refractivity contribution in [2.45, 2.75) is 65.2 Å². The topological polar surface area (TPSA) is 28.7 Å². The van der Waals surface area contributed by atoms with E-state index in [1.807, 2.05) is 0 Å². The van der Waals surface area contributed by atoms with E-state index in [0.717, 1.165) is 5.92 Å². The Hall–Kier alpha value is -0.790. The molecule has 1 aromatic heterocycles. The zero-order valence-electron chi connectivity index (χ0n) is 10.8. The smallest absolute Gasteiger partial charge is 0.109 e. The Kier molecular flexibility index (Phi) is 3.67. The third-order valence-electron chi connectivity index (χ3n) is 4.11. The van der Waals surface area contributed by atoms with Gasteiger partial charge in [-0.1, -0.05) is 27.2 Å². The highest BCUT2D eigenvalue weighted by atomic mass is 14.9. The molecule has 2 heteroatoms. The molecule has 0 radical (unpaired) electrons. The average Bonchev–Trinajstić information content (AvgIpc) is 2.72. The molecular formula is C14H24N2. The molecule has 0 bridgehead atoms. The minimum atomic E-state index is 0.630. The van der Waals surface area contributed by atoms with Gasteiger partial charge in [-0.25, -0.2) is 4.98 Å². The van der Waals surface area contributed by atoms with Gasteiger partial charge in [0.1, 0.15) is 5.82 Å². The molecule has 0 saturated heterocycles. The van der Waals surface area contributed by atoms with Crippen LogP contribution in [0.2, 0.25) is 0 Å². The van der Waals surface area contributed by atoms with Crippen LogP contribution in [0.15, 0.2) is 0 Å². The maximum absolute atomic E-state index is 4.81. The van der Waals surface area contributed by atoms with Crippen LogP contribution in [0.1, 0.15) is 69.6 Å². The van der Waals surface area contributed by atoms with E-state index in [0.29, 0.717) is 5.92 Å². The standard InChI is InChI=1S/C14H24N2/c1-4-10-7-8-12-13(9-10)16-14(15-12)11(5-2)6-3/h10-11H,4-9H2,1-3H3,(H,15,16). The second-order valence-electron chi connectivity index (χ2n) is 5.08. The fourth-order valence-electron chi connectivity index (χ4n) is 2.79. The SMILES string of the molecule is CCC1CCc2nc(C(CC)CC)[nH]c2C1. The highest BCUT2D eigenvalue weighted by Crippen LogP contribution is 2.29. The fourth-order valence-corrected chi connectivity index (χ4v) is 2.79. The van der Waals surface area contributed by atoms with Crippen LogP contribution in [0, 0.1) is 5.92 Å². The lowest BCUT2D eigenvalue weighted by Crippen LogP contribution is -2.12. The van der Waals surface area contributed by atoms with Crippen LogP contribution in [0.4, 0.5) is 0 Å². The number of hydrogen-bond donors (Lipinski definition) is 1. The molecule has 1 aromatic rings. The van der Waals surface area contributed by atoms with E-state index in [-0.39, 0.29) is 0 Å². The summed E-state index contributed by atoms with van der Waals surface area (Å²) in [5.74, 6) is 2.75. The summed E-state index contributed by atoms with van der Waals surface area (Å²) in [6.07, 6.45) is 7.43. The van der Waals surface area contributed by atoms with Crippen molar-refractivity contribution >= 4 is 0 Å². The largest absolute Gasteiger partial charge is 0.345 e. The quantitative estimate of drug-likeness (QED) is 0.820. The number of nitrogens with one attached hydrogen (secondary N) is 1. The highest BCUT2D eigenvalue weighted by molar-refractivity contribution is 5.20. The number of imidazole rings is 1. The average molecular weight is 220 g/mol. The van der Waals surface area contributed by atoms with Crippen LogP contribution in [0.3, 0.4) is 0 Å². The molecule has 1 atom stereocenters.